The Kier molecular flexibility index (Phi) is 6.13. The summed E-state index contributed by atoms with van der Waals surface area (Å²) in [6.45, 7) is 0. The molecule has 3 N–H and O–H groups in total. The van der Waals surface area contributed by atoms with Crippen molar-refractivity contribution in [2.75, 3.05) is 16.4 Å². The third-order valence-electron chi connectivity index (χ3n) is 3.95. The number of carbonyl (C=O) groups is 1. The standard InChI is InChI=1S/C19H17F4N3OS/c20-13-6-7-16-15(10-13)17(11-24-16)26-18(27)25-14-5-1-3-12(9-14)4-2-8-28-19(21,22)23/h1,3,5-7,9-11,24H,2,4,8H2,(H2,25,26,27). The number of nitrogens with one attached hydrogen (secondary N) is 3. The summed E-state index contributed by atoms with van der Waals surface area (Å²) in [6.07, 6.45) is 2.42. The molecule has 0 saturated heterocycles. The van der Waals surface area contributed by atoms with Crippen LogP contribution in [-0.4, -0.2) is 22.3 Å². The average Bonchev–Trinajstić information content (AvgIpc) is 3.00. The van der Waals surface area contributed by atoms with Crippen molar-refractivity contribution in [1.29, 1.82) is 0 Å². The Morgan fingerprint density at radius 2 is 1.93 bits per heavy atom. The molecule has 1 heterocycles. The molecule has 0 saturated carbocycles. The number of hydrogen-bond acceptors (Lipinski definition) is 2. The van der Waals surface area contributed by atoms with E-state index in [1.807, 2.05) is 0 Å². The van der Waals surface area contributed by atoms with Gasteiger partial charge in [-0.15, -0.1) is 0 Å². The number of urea groups is 1. The molecule has 9 heteroatoms. The number of aryl methyl sites for hydroxylation is 1. The molecule has 3 rings (SSSR count). The van der Waals surface area contributed by atoms with E-state index >= 15 is 0 Å². The van der Waals surface area contributed by atoms with E-state index in [9.17, 15) is 22.4 Å². The molecule has 0 spiro atoms. The Bertz CT molecular complexity index is 971. The number of aromatic amines is 1. The van der Waals surface area contributed by atoms with E-state index in [2.05, 4.69) is 15.6 Å². The summed E-state index contributed by atoms with van der Waals surface area (Å²) < 4.78 is 49.9. The average molecular weight is 411 g/mol. The summed E-state index contributed by atoms with van der Waals surface area (Å²) in [4.78, 5) is 15.2. The van der Waals surface area contributed by atoms with Gasteiger partial charge in [0.15, 0.2) is 0 Å². The lowest BCUT2D eigenvalue weighted by Gasteiger charge is -2.09. The monoisotopic (exact) mass is 411 g/mol. The van der Waals surface area contributed by atoms with Gasteiger partial charge in [0.1, 0.15) is 5.82 Å². The summed E-state index contributed by atoms with van der Waals surface area (Å²) >= 11 is -0.0378. The minimum atomic E-state index is -4.22. The Balaban J connectivity index is 1.57. The summed E-state index contributed by atoms with van der Waals surface area (Å²) in [7, 11) is 0. The molecule has 0 aliphatic carbocycles. The molecule has 0 fully saturated rings. The first-order valence-electron chi connectivity index (χ1n) is 8.44. The van der Waals surface area contributed by atoms with Crippen LogP contribution in [0.5, 0.6) is 0 Å². The van der Waals surface area contributed by atoms with Crippen molar-refractivity contribution in [3.8, 4) is 0 Å². The lowest BCUT2D eigenvalue weighted by Crippen LogP contribution is -2.19. The van der Waals surface area contributed by atoms with Crippen LogP contribution in [0, 0.1) is 5.82 Å². The molecule has 0 atom stereocenters. The lowest BCUT2D eigenvalue weighted by atomic mass is 10.1. The van der Waals surface area contributed by atoms with E-state index in [4.69, 9.17) is 0 Å². The SMILES string of the molecule is O=C(Nc1cccc(CCCSC(F)(F)F)c1)Nc1c[nH]c2ccc(F)cc12. The molecule has 0 radical (unpaired) electrons. The maximum absolute atomic E-state index is 13.4. The van der Waals surface area contributed by atoms with Crippen molar-refractivity contribution < 1.29 is 22.4 Å². The number of H-pyrrole nitrogens is 1. The van der Waals surface area contributed by atoms with Gasteiger partial charge in [0.05, 0.1) is 5.69 Å². The Morgan fingerprint density at radius 1 is 1.11 bits per heavy atom. The predicted molar refractivity (Wildman–Crippen MR) is 104 cm³/mol. The normalized spacial score (nSPS) is 11.6. The highest BCUT2D eigenvalue weighted by molar-refractivity contribution is 8.00. The van der Waals surface area contributed by atoms with Gasteiger partial charge in [0, 0.05) is 28.5 Å². The first-order valence-corrected chi connectivity index (χ1v) is 9.43. The van der Waals surface area contributed by atoms with Crippen molar-refractivity contribution >= 4 is 40.1 Å². The summed E-state index contributed by atoms with van der Waals surface area (Å²) in [5.74, 6) is -0.425. The minimum absolute atomic E-state index is 0.0151. The number of alkyl halides is 3. The molecule has 0 aliphatic rings. The van der Waals surface area contributed by atoms with Crippen LogP contribution in [0.15, 0.2) is 48.7 Å². The summed E-state index contributed by atoms with van der Waals surface area (Å²) in [6, 6.07) is 10.6. The van der Waals surface area contributed by atoms with E-state index in [-0.39, 0.29) is 17.5 Å². The van der Waals surface area contributed by atoms with E-state index in [0.717, 1.165) is 5.56 Å². The second-order valence-corrected chi connectivity index (χ2v) is 7.23. The molecule has 1 aromatic heterocycles. The number of anilines is 2. The lowest BCUT2D eigenvalue weighted by molar-refractivity contribution is -0.0328. The Hall–Kier alpha value is -2.68. The van der Waals surface area contributed by atoms with E-state index in [1.54, 1.807) is 36.5 Å². The molecular formula is C19H17F4N3OS. The molecular weight excluding hydrogens is 394 g/mol. The van der Waals surface area contributed by atoms with Crippen molar-refractivity contribution in [2.24, 2.45) is 0 Å². The van der Waals surface area contributed by atoms with Crippen molar-refractivity contribution in [3.05, 3.63) is 60.0 Å². The number of aromatic nitrogens is 1. The third kappa shape index (κ3) is 5.66. The number of fused-ring (bicyclic) bond motifs is 1. The third-order valence-corrected chi connectivity index (χ3v) is 4.77. The van der Waals surface area contributed by atoms with E-state index < -0.39 is 17.4 Å². The van der Waals surface area contributed by atoms with Crippen molar-refractivity contribution in [2.45, 2.75) is 18.3 Å². The topological polar surface area (TPSA) is 56.9 Å². The summed E-state index contributed by atoms with van der Waals surface area (Å²) in [5, 5.41) is 5.87. The predicted octanol–water partition coefficient (Wildman–Crippen LogP) is 6.14. The van der Waals surface area contributed by atoms with Gasteiger partial charge in [-0.1, -0.05) is 23.9 Å². The highest BCUT2D eigenvalue weighted by atomic mass is 32.2. The van der Waals surface area contributed by atoms with Gasteiger partial charge in [-0.25, -0.2) is 9.18 Å². The van der Waals surface area contributed by atoms with Crippen molar-refractivity contribution in [1.82, 2.24) is 4.98 Å². The number of thioether (sulfide) groups is 1. The van der Waals surface area contributed by atoms with Gasteiger partial charge >= 0.3 is 11.5 Å². The molecule has 0 unspecified atom stereocenters. The van der Waals surface area contributed by atoms with Crippen LogP contribution in [0.2, 0.25) is 0 Å². The fourth-order valence-corrected chi connectivity index (χ4v) is 3.27. The molecule has 2 aromatic carbocycles. The van der Waals surface area contributed by atoms with E-state index in [0.29, 0.717) is 35.1 Å². The quantitative estimate of drug-likeness (QED) is 0.337. The molecule has 2 amide bonds. The first kappa shape index (κ1) is 20.1. The molecule has 0 aliphatic heterocycles. The zero-order valence-electron chi connectivity index (χ0n) is 14.6. The molecule has 4 nitrogen and oxygen atoms in total. The molecule has 28 heavy (non-hydrogen) atoms. The van der Waals surface area contributed by atoms with Gasteiger partial charge in [-0.2, -0.15) is 13.2 Å². The van der Waals surface area contributed by atoms with Crippen molar-refractivity contribution in [3.63, 3.8) is 0 Å². The van der Waals surface area contributed by atoms with Crippen LogP contribution in [0.3, 0.4) is 0 Å². The smallest absolute Gasteiger partial charge is 0.359 e. The fraction of sp³-hybridized carbons (Fsp3) is 0.211. The van der Waals surface area contributed by atoms with Gasteiger partial charge in [-0.05, 0) is 48.7 Å². The highest BCUT2D eigenvalue weighted by Crippen LogP contribution is 2.31. The van der Waals surface area contributed by atoms with Crippen LogP contribution in [0.1, 0.15) is 12.0 Å². The second-order valence-electron chi connectivity index (χ2n) is 6.07. The van der Waals surface area contributed by atoms with Gasteiger partial charge in [-0.3, -0.25) is 0 Å². The number of rotatable bonds is 6. The fourth-order valence-electron chi connectivity index (χ4n) is 2.75. The number of hydrogen-bond donors (Lipinski definition) is 3. The zero-order valence-corrected chi connectivity index (χ0v) is 15.4. The van der Waals surface area contributed by atoms with E-state index in [1.165, 1.54) is 12.1 Å². The number of amides is 2. The Morgan fingerprint density at radius 3 is 2.71 bits per heavy atom. The van der Waals surface area contributed by atoms with Crippen LogP contribution in [0.4, 0.5) is 33.7 Å². The second kappa shape index (κ2) is 8.55. The molecule has 148 valence electrons. The van der Waals surface area contributed by atoms with Crippen LogP contribution >= 0.6 is 11.8 Å². The summed E-state index contributed by atoms with van der Waals surface area (Å²) in [5.41, 5.74) is -1.74. The maximum atomic E-state index is 13.4. The van der Waals surface area contributed by atoms with Gasteiger partial charge in [0.25, 0.3) is 0 Å². The first-order chi connectivity index (χ1) is 13.3. The molecule has 3 aromatic rings. The van der Waals surface area contributed by atoms with Crippen LogP contribution < -0.4 is 10.6 Å². The maximum Gasteiger partial charge on any atom is 0.441 e. The number of carbonyl (C=O) groups excluding carboxylic acids is 1. The number of benzene rings is 2. The van der Waals surface area contributed by atoms with Crippen LogP contribution in [0.25, 0.3) is 10.9 Å². The van der Waals surface area contributed by atoms with Gasteiger partial charge < -0.3 is 15.6 Å². The zero-order chi connectivity index (χ0) is 20.1. The number of halogens is 4. The highest BCUT2D eigenvalue weighted by Gasteiger charge is 2.27. The van der Waals surface area contributed by atoms with Gasteiger partial charge in [0.2, 0.25) is 0 Å². The Labute approximate surface area is 162 Å². The van der Waals surface area contributed by atoms with Crippen LogP contribution in [-0.2, 0) is 6.42 Å². The minimum Gasteiger partial charge on any atom is -0.359 e. The largest absolute Gasteiger partial charge is 0.441 e. The molecule has 0 bridgehead atoms.